The fourth-order valence-electron chi connectivity index (χ4n) is 5.42. The van der Waals surface area contributed by atoms with E-state index in [1.807, 2.05) is 30.3 Å². The standard InChI is InChI=1S/C28H28N2O6/c1-29(2)26(34)23(32)15-21-22(31)14-20-17-30(25(33)19-12-8-5-9-13-19)28(24(20)21,27(35)36-3)16-18-10-6-4-7-11-18/h4-14,21,24H,15-17H2,1-3H3/t21-,24-,28-/m1/s1. The Labute approximate surface area is 209 Å². The first-order valence-corrected chi connectivity index (χ1v) is 11.7. The highest BCUT2D eigenvalue weighted by Gasteiger charge is 2.64. The molecule has 0 aromatic heterocycles. The minimum Gasteiger partial charge on any atom is -0.467 e. The van der Waals surface area contributed by atoms with Crippen molar-refractivity contribution in [3.8, 4) is 0 Å². The number of ether oxygens (including phenoxy) is 1. The molecule has 1 saturated heterocycles. The molecule has 4 rings (SSSR count). The van der Waals surface area contributed by atoms with Crippen molar-refractivity contribution in [3.05, 3.63) is 83.4 Å². The predicted molar refractivity (Wildman–Crippen MR) is 131 cm³/mol. The van der Waals surface area contributed by atoms with E-state index in [1.54, 1.807) is 30.3 Å². The Hall–Kier alpha value is -4.07. The zero-order valence-corrected chi connectivity index (χ0v) is 20.5. The van der Waals surface area contributed by atoms with Gasteiger partial charge in [-0.15, -0.1) is 0 Å². The van der Waals surface area contributed by atoms with Crippen LogP contribution >= 0.6 is 0 Å². The normalized spacial score (nSPS) is 22.6. The molecule has 1 fully saturated rings. The topological polar surface area (TPSA) is 101 Å². The van der Waals surface area contributed by atoms with Gasteiger partial charge < -0.3 is 14.5 Å². The van der Waals surface area contributed by atoms with E-state index < -0.39 is 35.0 Å². The molecule has 3 atom stereocenters. The molecule has 2 aliphatic rings. The number of esters is 1. The largest absolute Gasteiger partial charge is 0.467 e. The molecular formula is C28H28N2O6. The Morgan fingerprint density at radius 1 is 1.00 bits per heavy atom. The molecule has 2 aromatic carbocycles. The summed E-state index contributed by atoms with van der Waals surface area (Å²) in [7, 11) is 4.17. The van der Waals surface area contributed by atoms with E-state index in [0.717, 1.165) is 10.5 Å². The molecule has 36 heavy (non-hydrogen) atoms. The van der Waals surface area contributed by atoms with Gasteiger partial charge in [-0.05, 0) is 29.3 Å². The van der Waals surface area contributed by atoms with Crippen molar-refractivity contribution >= 4 is 29.4 Å². The maximum Gasteiger partial charge on any atom is 0.332 e. The average Bonchev–Trinajstić information content (AvgIpc) is 3.37. The van der Waals surface area contributed by atoms with Crippen molar-refractivity contribution in [3.63, 3.8) is 0 Å². The number of Topliss-reactive ketones (excluding diaryl/α,β-unsaturated/α-hetero) is 1. The number of nitrogens with zero attached hydrogens (tertiary/aromatic N) is 2. The number of likely N-dealkylation sites (tertiary alicyclic amines) is 1. The van der Waals surface area contributed by atoms with Gasteiger partial charge in [0.1, 0.15) is 0 Å². The molecular weight excluding hydrogens is 460 g/mol. The quantitative estimate of drug-likeness (QED) is 0.437. The first kappa shape index (κ1) is 25.0. The molecule has 186 valence electrons. The highest BCUT2D eigenvalue weighted by molar-refractivity contribution is 6.36. The van der Waals surface area contributed by atoms with Gasteiger partial charge in [-0.3, -0.25) is 19.2 Å². The van der Waals surface area contributed by atoms with Crippen LogP contribution in [0.3, 0.4) is 0 Å². The summed E-state index contributed by atoms with van der Waals surface area (Å²) in [5, 5.41) is 0. The fourth-order valence-corrected chi connectivity index (χ4v) is 5.42. The number of hydrogen-bond acceptors (Lipinski definition) is 6. The van der Waals surface area contributed by atoms with Crippen LogP contribution in [0.1, 0.15) is 22.3 Å². The van der Waals surface area contributed by atoms with E-state index in [9.17, 15) is 24.0 Å². The van der Waals surface area contributed by atoms with E-state index in [1.165, 1.54) is 32.2 Å². The Kier molecular flexibility index (Phi) is 6.88. The SMILES string of the molecule is COC(=O)[C@@]1(Cc2ccccc2)[C@@H]2C(=CC(=O)[C@H]2CC(=O)C(=O)N(C)C)CN1C(=O)c1ccccc1. The Balaban J connectivity index is 1.85. The van der Waals surface area contributed by atoms with Crippen molar-refractivity contribution < 1.29 is 28.7 Å². The van der Waals surface area contributed by atoms with Gasteiger partial charge in [-0.1, -0.05) is 48.5 Å². The molecule has 8 heteroatoms. The van der Waals surface area contributed by atoms with E-state index >= 15 is 0 Å². The van der Waals surface area contributed by atoms with Crippen LogP contribution in [-0.2, 0) is 30.3 Å². The molecule has 1 aliphatic carbocycles. The van der Waals surface area contributed by atoms with Crippen molar-refractivity contribution in [1.29, 1.82) is 0 Å². The van der Waals surface area contributed by atoms with Crippen LogP contribution in [0.5, 0.6) is 0 Å². The van der Waals surface area contributed by atoms with Gasteiger partial charge >= 0.3 is 5.97 Å². The third-order valence-electron chi connectivity index (χ3n) is 7.00. The van der Waals surface area contributed by atoms with Crippen molar-refractivity contribution in [2.45, 2.75) is 18.4 Å². The van der Waals surface area contributed by atoms with Gasteiger partial charge in [-0.2, -0.15) is 0 Å². The summed E-state index contributed by atoms with van der Waals surface area (Å²) >= 11 is 0. The molecule has 0 radical (unpaired) electrons. The van der Waals surface area contributed by atoms with Crippen LogP contribution in [0.25, 0.3) is 0 Å². The minimum atomic E-state index is -1.58. The van der Waals surface area contributed by atoms with Gasteiger partial charge in [0.25, 0.3) is 11.8 Å². The Morgan fingerprint density at radius 2 is 1.61 bits per heavy atom. The van der Waals surface area contributed by atoms with Crippen LogP contribution < -0.4 is 0 Å². The number of carbonyl (C=O) groups is 5. The van der Waals surface area contributed by atoms with Crippen molar-refractivity contribution in [2.24, 2.45) is 11.8 Å². The molecule has 2 amide bonds. The van der Waals surface area contributed by atoms with Crippen LogP contribution in [0.15, 0.2) is 72.3 Å². The lowest BCUT2D eigenvalue weighted by atomic mass is 9.71. The highest BCUT2D eigenvalue weighted by atomic mass is 16.5. The van der Waals surface area contributed by atoms with E-state index in [2.05, 4.69) is 0 Å². The molecule has 8 nitrogen and oxygen atoms in total. The summed E-state index contributed by atoms with van der Waals surface area (Å²) in [4.78, 5) is 68.3. The summed E-state index contributed by atoms with van der Waals surface area (Å²) < 4.78 is 5.28. The number of carbonyl (C=O) groups excluding carboxylic acids is 5. The summed E-state index contributed by atoms with van der Waals surface area (Å²) in [6.45, 7) is 0.0401. The number of rotatable bonds is 7. The lowest BCUT2D eigenvalue weighted by Gasteiger charge is -2.41. The molecule has 0 bridgehead atoms. The van der Waals surface area contributed by atoms with Gasteiger partial charge in [0.15, 0.2) is 11.3 Å². The Morgan fingerprint density at radius 3 is 2.19 bits per heavy atom. The number of ketones is 2. The van der Waals surface area contributed by atoms with E-state index in [4.69, 9.17) is 4.74 Å². The third kappa shape index (κ3) is 4.23. The molecule has 2 aromatic rings. The van der Waals surface area contributed by atoms with Gasteiger partial charge in [0.05, 0.1) is 7.11 Å². The number of benzene rings is 2. The minimum absolute atomic E-state index is 0.0401. The van der Waals surface area contributed by atoms with Crippen LogP contribution in [0, 0.1) is 11.8 Å². The number of likely N-dealkylation sites (N-methyl/N-ethyl adjacent to an activating group) is 1. The molecule has 0 spiro atoms. The second-order valence-corrected chi connectivity index (χ2v) is 9.37. The van der Waals surface area contributed by atoms with E-state index in [-0.39, 0.29) is 31.1 Å². The molecule has 0 saturated carbocycles. The number of methoxy groups -OCH3 is 1. The number of allylic oxidation sites excluding steroid dienone is 1. The van der Waals surface area contributed by atoms with Crippen molar-refractivity contribution in [2.75, 3.05) is 27.7 Å². The number of amides is 2. The fraction of sp³-hybridized carbons (Fsp3) is 0.321. The second kappa shape index (κ2) is 9.89. The number of fused-ring (bicyclic) bond motifs is 1. The molecule has 1 aliphatic heterocycles. The van der Waals surface area contributed by atoms with Crippen molar-refractivity contribution in [1.82, 2.24) is 9.80 Å². The van der Waals surface area contributed by atoms with Gasteiger partial charge in [-0.25, -0.2) is 4.79 Å². The monoisotopic (exact) mass is 488 g/mol. The first-order chi connectivity index (χ1) is 17.2. The predicted octanol–water partition coefficient (Wildman–Crippen LogP) is 2.09. The lowest BCUT2D eigenvalue weighted by molar-refractivity contribution is -0.156. The molecule has 1 heterocycles. The highest BCUT2D eigenvalue weighted by Crippen LogP contribution is 2.51. The van der Waals surface area contributed by atoms with Crippen LogP contribution in [0.2, 0.25) is 0 Å². The first-order valence-electron chi connectivity index (χ1n) is 11.7. The smallest absolute Gasteiger partial charge is 0.332 e. The summed E-state index contributed by atoms with van der Waals surface area (Å²) in [6.07, 6.45) is 1.14. The summed E-state index contributed by atoms with van der Waals surface area (Å²) in [6, 6.07) is 17.8. The number of hydrogen-bond donors (Lipinski definition) is 0. The average molecular weight is 489 g/mol. The van der Waals surface area contributed by atoms with E-state index in [0.29, 0.717) is 11.1 Å². The van der Waals surface area contributed by atoms with Gasteiger partial charge in [0.2, 0.25) is 5.78 Å². The zero-order valence-electron chi connectivity index (χ0n) is 20.5. The molecule has 0 unspecified atom stereocenters. The lowest BCUT2D eigenvalue weighted by Crippen LogP contribution is -2.60. The zero-order chi connectivity index (χ0) is 26.0. The maximum atomic E-state index is 13.8. The Bertz CT molecular complexity index is 1240. The van der Waals surface area contributed by atoms with Gasteiger partial charge in [0, 0.05) is 50.9 Å². The second-order valence-electron chi connectivity index (χ2n) is 9.37. The maximum absolute atomic E-state index is 13.8. The van der Waals surface area contributed by atoms with Crippen LogP contribution in [0.4, 0.5) is 0 Å². The van der Waals surface area contributed by atoms with Crippen LogP contribution in [-0.4, -0.2) is 72.4 Å². The summed E-state index contributed by atoms with van der Waals surface area (Å²) in [5.41, 5.74) is 0.165. The molecule has 0 N–H and O–H groups in total. The summed E-state index contributed by atoms with van der Waals surface area (Å²) in [5.74, 6) is -4.60. The third-order valence-corrected chi connectivity index (χ3v) is 7.00.